The molecule has 3 rings (SSSR count). The lowest BCUT2D eigenvalue weighted by atomic mass is 10.1. The number of fused-ring (bicyclic) bond motifs is 1. The Morgan fingerprint density at radius 2 is 1.65 bits per heavy atom. The van der Waals surface area contributed by atoms with E-state index in [0.29, 0.717) is 32.0 Å². The molecular weight excluding hydrogens is 362 g/mol. The molecule has 2 heterocycles. The fraction of sp³-hybridized carbons (Fsp3) is 0.500. The first kappa shape index (κ1) is 18.7. The number of aromatic nitrogens is 3. The largest absolute Gasteiger partial charge is 0.451 e. The molecule has 1 aromatic carbocycles. The van der Waals surface area contributed by atoms with Crippen LogP contribution >= 0.6 is 0 Å². The average Bonchev–Trinajstić information content (AvgIpc) is 2.99. The van der Waals surface area contributed by atoms with Crippen LogP contribution in [0.2, 0.25) is 0 Å². The van der Waals surface area contributed by atoms with Crippen LogP contribution in [0.4, 0.5) is 26.3 Å². The number of nitrogens with zero attached hydrogens (tertiary/aromatic N) is 4. The fourth-order valence-electron chi connectivity index (χ4n) is 3.01. The summed E-state index contributed by atoms with van der Waals surface area (Å²) in [6.07, 6.45) is -3.09. The SMILES string of the molecule is Fc1cc(F)c(CCCCN2CCn3c(nnc3C(F)(F)F)C2)cc1F. The number of hydrogen-bond acceptors (Lipinski definition) is 3. The first-order valence-corrected chi connectivity index (χ1v) is 8.11. The van der Waals surface area contributed by atoms with Crippen LogP contribution in [0.3, 0.4) is 0 Å². The van der Waals surface area contributed by atoms with Gasteiger partial charge in [-0.25, -0.2) is 13.2 Å². The molecule has 4 nitrogen and oxygen atoms in total. The quantitative estimate of drug-likeness (QED) is 0.453. The fourth-order valence-corrected chi connectivity index (χ4v) is 3.01. The Morgan fingerprint density at radius 1 is 0.923 bits per heavy atom. The number of rotatable bonds is 5. The molecule has 2 aromatic rings. The predicted molar refractivity (Wildman–Crippen MR) is 79.6 cm³/mol. The van der Waals surface area contributed by atoms with E-state index in [0.717, 1.165) is 10.6 Å². The van der Waals surface area contributed by atoms with Gasteiger partial charge in [0, 0.05) is 19.2 Å². The molecule has 26 heavy (non-hydrogen) atoms. The monoisotopic (exact) mass is 378 g/mol. The van der Waals surface area contributed by atoms with Crippen molar-refractivity contribution in [3.63, 3.8) is 0 Å². The van der Waals surface area contributed by atoms with Crippen LogP contribution < -0.4 is 0 Å². The van der Waals surface area contributed by atoms with Crippen LogP contribution in [0.1, 0.15) is 30.1 Å². The molecule has 0 spiro atoms. The van der Waals surface area contributed by atoms with Crippen molar-refractivity contribution in [1.29, 1.82) is 0 Å². The van der Waals surface area contributed by atoms with Gasteiger partial charge in [-0.1, -0.05) is 0 Å². The lowest BCUT2D eigenvalue weighted by Gasteiger charge is -2.27. The maximum absolute atomic E-state index is 13.5. The molecule has 0 radical (unpaired) electrons. The number of benzene rings is 1. The van der Waals surface area contributed by atoms with Crippen molar-refractivity contribution in [1.82, 2.24) is 19.7 Å². The van der Waals surface area contributed by atoms with E-state index >= 15 is 0 Å². The zero-order valence-electron chi connectivity index (χ0n) is 13.7. The summed E-state index contributed by atoms with van der Waals surface area (Å²) in [5.74, 6) is -3.81. The van der Waals surface area contributed by atoms with Crippen molar-refractivity contribution >= 4 is 0 Å². The van der Waals surface area contributed by atoms with E-state index < -0.39 is 29.5 Å². The maximum Gasteiger partial charge on any atom is 0.451 e. The van der Waals surface area contributed by atoms with E-state index in [1.807, 2.05) is 4.90 Å². The molecule has 0 bridgehead atoms. The van der Waals surface area contributed by atoms with Crippen LogP contribution in [0.25, 0.3) is 0 Å². The Bertz CT molecular complexity index is 786. The Hall–Kier alpha value is -2.10. The van der Waals surface area contributed by atoms with E-state index in [1.165, 1.54) is 0 Å². The van der Waals surface area contributed by atoms with Gasteiger partial charge in [0.15, 0.2) is 11.6 Å². The van der Waals surface area contributed by atoms with E-state index in [2.05, 4.69) is 10.2 Å². The van der Waals surface area contributed by atoms with Crippen molar-refractivity contribution in [2.75, 3.05) is 13.1 Å². The Balaban J connectivity index is 1.50. The number of aryl methyl sites for hydroxylation is 1. The van der Waals surface area contributed by atoms with Gasteiger partial charge in [-0.15, -0.1) is 10.2 Å². The first-order chi connectivity index (χ1) is 12.3. The number of alkyl halides is 3. The van der Waals surface area contributed by atoms with E-state index in [9.17, 15) is 26.3 Å². The summed E-state index contributed by atoms with van der Waals surface area (Å²) in [6.45, 7) is 1.41. The molecule has 0 aliphatic carbocycles. The first-order valence-electron chi connectivity index (χ1n) is 8.11. The zero-order chi connectivity index (χ0) is 18.9. The number of hydrogen-bond donors (Lipinski definition) is 0. The smallest absolute Gasteiger partial charge is 0.305 e. The summed E-state index contributed by atoms with van der Waals surface area (Å²) in [4.78, 5) is 1.94. The van der Waals surface area contributed by atoms with Gasteiger partial charge in [0.2, 0.25) is 5.82 Å². The van der Waals surface area contributed by atoms with E-state index in [-0.39, 0.29) is 30.9 Å². The molecule has 0 amide bonds. The molecular formula is C16H16F6N4. The highest BCUT2D eigenvalue weighted by Crippen LogP contribution is 2.29. The van der Waals surface area contributed by atoms with Gasteiger partial charge in [-0.05, 0) is 37.4 Å². The lowest BCUT2D eigenvalue weighted by Crippen LogP contribution is -2.35. The van der Waals surface area contributed by atoms with Crippen LogP contribution in [0, 0.1) is 17.5 Å². The molecule has 142 valence electrons. The highest BCUT2D eigenvalue weighted by molar-refractivity contribution is 5.20. The zero-order valence-corrected chi connectivity index (χ0v) is 13.7. The van der Waals surface area contributed by atoms with Crippen molar-refractivity contribution < 1.29 is 26.3 Å². The second-order valence-corrected chi connectivity index (χ2v) is 6.18. The third-order valence-electron chi connectivity index (χ3n) is 4.35. The minimum atomic E-state index is -4.53. The average molecular weight is 378 g/mol. The van der Waals surface area contributed by atoms with Gasteiger partial charge in [-0.3, -0.25) is 4.90 Å². The van der Waals surface area contributed by atoms with Crippen LogP contribution in [0.15, 0.2) is 12.1 Å². The molecule has 1 aliphatic heterocycles. The Labute approximate surface area is 145 Å². The molecule has 0 N–H and O–H groups in total. The third-order valence-corrected chi connectivity index (χ3v) is 4.35. The van der Waals surface area contributed by atoms with Gasteiger partial charge in [0.05, 0.1) is 6.54 Å². The summed E-state index contributed by atoms with van der Waals surface area (Å²) in [5, 5.41) is 6.82. The third kappa shape index (κ3) is 4.00. The molecule has 0 atom stereocenters. The van der Waals surface area contributed by atoms with Crippen molar-refractivity contribution in [3.8, 4) is 0 Å². The van der Waals surface area contributed by atoms with Gasteiger partial charge in [-0.2, -0.15) is 13.2 Å². The molecule has 0 saturated heterocycles. The summed E-state index contributed by atoms with van der Waals surface area (Å²) in [5.41, 5.74) is 0.108. The van der Waals surface area contributed by atoms with Crippen LogP contribution in [-0.4, -0.2) is 32.8 Å². The lowest BCUT2D eigenvalue weighted by molar-refractivity contribution is -0.148. The van der Waals surface area contributed by atoms with Gasteiger partial charge in [0.1, 0.15) is 11.6 Å². The summed E-state index contributed by atoms with van der Waals surface area (Å²) in [6, 6.07) is 1.38. The molecule has 0 saturated carbocycles. The minimum Gasteiger partial charge on any atom is -0.305 e. The topological polar surface area (TPSA) is 34.0 Å². The standard InChI is InChI=1S/C16H16F6N4/c17-11-8-13(19)12(18)7-10(11)3-1-2-4-25-5-6-26-14(9-25)23-24-15(26)16(20,21)22/h7-8H,1-6,9H2. The second kappa shape index (κ2) is 7.26. The van der Waals surface area contributed by atoms with E-state index in [1.54, 1.807) is 0 Å². The second-order valence-electron chi connectivity index (χ2n) is 6.18. The van der Waals surface area contributed by atoms with Crippen LogP contribution in [-0.2, 0) is 25.7 Å². The summed E-state index contributed by atoms with van der Waals surface area (Å²) >= 11 is 0. The summed E-state index contributed by atoms with van der Waals surface area (Å²) in [7, 11) is 0. The maximum atomic E-state index is 13.5. The molecule has 0 fully saturated rings. The summed E-state index contributed by atoms with van der Waals surface area (Å²) < 4.78 is 79.0. The number of unbranched alkanes of at least 4 members (excludes halogenated alkanes) is 1. The van der Waals surface area contributed by atoms with Gasteiger partial charge < -0.3 is 4.57 Å². The molecule has 10 heteroatoms. The van der Waals surface area contributed by atoms with Crippen molar-refractivity contribution in [3.05, 3.63) is 46.8 Å². The molecule has 1 aromatic heterocycles. The Morgan fingerprint density at radius 3 is 2.38 bits per heavy atom. The highest BCUT2D eigenvalue weighted by atomic mass is 19.4. The van der Waals surface area contributed by atoms with Crippen molar-refractivity contribution in [2.24, 2.45) is 0 Å². The van der Waals surface area contributed by atoms with E-state index in [4.69, 9.17) is 0 Å². The molecule has 0 unspecified atom stereocenters. The highest BCUT2D eigenvalue weighted by Gasteiger charge is 2.39. The minimum absolute atomic E-state index is 0.108. The number of halogens is 6. The molecule has 1 aliphatic rings. The van der Waals surface area contributed by atoms with Gasteiger partial charge in [0.25, 0.3) is 0 Å². The van der Waals surface area contributed by atoms with Gasteiger partial charge >= 0.3 is 6.18 Å². The Kier molecular flexibility index (Phi) is 5.22. The predicted octanol–water partition coefficient (Wildman–Crippen LogP) is 3.55. The normalized spacial score (nSPS) is 15.3. The van der Waals surface area contributed by atoms with Crippen molar-refractivity contribution in [2.45, 2.75) is 38.5 Å². The van der Waals surface area contributed by atoms with Crippen LogP contribution in [0.5, 0.6) is 0 Å².